The van der Waals surface area contributed by atoms with Crippen LogP contribution >= 0.6 is 23.5 Å². The van der Waals surface area contributed by atoms with E-state index < -0.39 is 0 Å². The molecule has 1 aliphatic rings. The van der Waals surface area contributed by atoms with Gasteiger partial charge >= 0.3 is 0 Å². The molecule has 2 N–H and O–H groups in total. The van der Waals surface area contributed by atoms with Gasteiger partial charge in [-0.25, -0.2) is 4.98 Å². The molecule has 1 aliphatic heterocycles. The third-order valence-corrected chi connectivity index (χ3v) is 5.35. The van der Waals surface area contributed by atoms with Crippen molar-refractivity contribution in [2.24, 2.45) is 0 Å². The molecule has 0 saturated carbocycles. The van der Waals surface area contributed by atoms with Crippen molar-refractivity contribution >= 4 is 35.2 Å². The highest BCUT2D eigenvalue weighted by atomic mass is 32.2. The van der Waals surface area contributed by atoms with Crippen LogP contribution < -0.4 is 10.6 Å². The fraction of sp³-hybridized carbons (Fsp3) is 0.583. The fourth-order valence-corrected chi connectivity index (χ4v) is 4.30. The zero-order valence-electron chi connectivity index (χ0n) is 10.1. The fourth-order valence-electron chi connectivity index (χ4n) is 1.69. The SMILES string of the molecule is CCNc1cccc(NCC2CSCCS2)n1. The molecule has 0 bridgehead atoms. The van der Waals surface area contributed by atoms with Gasteiger partial charge in [0.05, 0.1) is 0 Å². The summed E-state index contributed by atoms with van der Waals surface area (Å²) in [4.78, 5) is 4.51. The third kappa shape index (κ3) is 4.32. The summed E-state index contributed by atoms with van der Waals surface area (Å²) in [6.45, 7) is 4.00. The minimum absolute atomic E-state index is 0.721. The van der Waals surface area contributed by atoms with Gasteiger partial charge in [0.2, 0.25) is 0 Å². The van der Waals surface area contributed by atoms with Crippen molar-refractivity contribution < 1.29 is 0 Å². The molecular formula is C12H19N3S2. The lowest BCUT2D eigenvalue weighted by Crippen LogP contribution is -2.23. The molecule has 2 rings (SSSR count). The number of nitrogens with one attached hydrogen (secondary N) is 2. The molecule has 1 saturated heterocycles. The van der Waals surface area contributed by atoms with Crippen LogP contribution in [0.5, 0.6) is 0 Å². The number of thioether (sulfide) groups is 2. The number of rotatable bonds is 5. The number of hydrogen-bond acceptors (Lipinski definition) is 5. The van der Waals surface area contributed by atoms with E-state index in [1.165, 1.54) is 17.3 Å². The molecule has 0 aliphatic carbocycles. The number of hydrogen-bond donors (Lipinski definition) is 2. The monoisotopic (exact) mass is 269 g/mol. The van der Waals surface area contributed by atoms with Crippen molar-refractivity contribution in [3.8, 4) is 0 Å². The maximum absolute atomic E-state index is 4.51. The molecule has 0 radical (unpaired) electrons. The van der Waals surface area contributed by atoms with Gasteiger partial charge in [0.1, 0.15) is 11.6 Å². The Morgan fingerprint density at radius 1 is 1.29 bits per heavy atom. The van der Waals surface area contributed by atoms with Crippen LogP contribution in [0.4, 0.5) is 11.6 Å². The van der Waals surface area contributed by atoms with Crippen LogP contribution in [0.25, 0.3) is 0 Å². The summed E-state index contributed by atoms with van der Waals surface area (Å²) in [7, 11) is 0. The van der Waals surface area contributed by atoms with Crippen molar-refractivity contribution in [1.82, 2.24) is 4.98 Å². The van der Waals surface area contributed by atoms with Crippen molar-refractivity contribution in [3.63, 3.8) is 0 Å². The van der Waals surface area contributed by atoms with E-state index in [2.05, 4.69) is 46.1 Å². The highest BCUT2D eigenvalue weighted by molar-refractivity contribution is 8.06. The van der Waals surface area contributed by atoms with Gasteiger partial charge in [-0.3, -0.25) is 0 Å². The first kappa shape index (κ1) is 12.9. The van der Waals surface area contributed by atoms with Crippen LogP contribution in [-0.2, 0) is 0 Å². The Labute approximate surface area is 112 Å². The topological polar surface area (TPSA) is 37.0 Å². The van der Waals surface area contributed by atoms with Gasteiger partial charge in [0.25, 0.3) is 0 Å². The van der Waals surface area contributed by atoms with Crippen LogP contribution in [0, 0.1) is 0 Å². The van der Waals surface area contributed by atoms with Crippen LogP contribution in [0.3, 0.4) is 0 Å². The molecule has 94 valence electrons. The van der Waals surface area contributed by atoms with E-state index in [-0.39, 0.29) is 0 Å². The lowest BCUT2D eigenvalue weighted by Gasteiger charge is -2.21. The standard InChI is InChI=1S/C12H19N3S2/c1-2-13-11-4-3-5-12(15-11)14-8-10-9-16-6-7-17-10/h3-5,10H,2,6-9H2,1H3,(H2,13,14,15). The second kappa shape index (κ2) is 7.01. The van der Waals surface area contributed by atoms with E-state index >= 15 is 0 Å². The predicted octanol–water partition coefficient (Wildman–Crippen LogP) is 2.77. The van der Waals surface area contributed by atoms with Gasteiger partial charge < -0.3 is 10.6 Å². The molecule has 1 atom stereocenters. The van der Waals surface area contributed by atoms with E-state index in [1.807, 2.05) is 18.2 Å². The summed E-state index contributed by atoms with van der Waals surface area (Å²) in [5.74, 6) is 5.75. The Morgan fingerprint density at radius 2 is 2.12 bits per heavy atom. The van der Waals surface area contributed by atoms with Crippen LogP contribution in [-0.4, -0.2) is 40.6 Å². The highest BCUT2D eigenvalue weighted by Gasteiger charge is 2.13. The lowest BCUT2D eigenvalue weighted by molar-refractivity contribution is 0.992. The molecule has 5 heteroatoms. The Kier molecular flexibility index (Phi) is 5.32. The van der Waals surface area contributed by atoms with E-state index in [9.17, 15) is 0 Å². The molecule has 0 spiro atoms. The molecule has 17 heavy (non-hydrogen) atoms. The normalized spacial score (nSPS) is 19.9. The quantitative estimate of drug-likeness (QED) is 0.859. The van der Waals surface area contributed by atoms with Gasteiger partial charge in [0, 0.05) is 35.6 Å². The molecule has 0 aromatic carbocycles. The Bertz CT molecular complexity index is 340. The second-order valence-electron chi connectivity index (χ2n) is 3.89. The summed E-state index contributed by atoms with van der Waals surface area (Å²) < 4.78 is 0. The average molecular weight is 269 g/mol. The van der Waals surface area contributed by atoms with Gasteiger partial charge in [-0.05, 0) is 19.1 Å². The summed E-state index contributed by atoms with van der Waals surface area (Å²) >= 11 is 4.13. The van der Waals surface area contributed by atoms with Crippen molar-refractivity contribution in [2.75, 3.05) is 41.0 Å². The van der Waals surface area contributed by atoms with Crippen molar-refractivity contribution in [2.45, 2.75) is 12.2 Å². The number of nitrogens with zero attached hydrogens (tertiary/aromatic N) is 1. The minimum atomic E-state index is 0.721. The Hall–Kier alpha value is -0.550. The zero-order chi connectivity index (χ0) is 11.9. The molecule has 1 aromatic rings. The number of aromatic nitrogens is 1. The molecule has 1 unspecified atom stereocenters. The molecular weight excluding hydrogens is 250 g/mol. The van der Waals surface area contributed by atoms with E-state index in [0.717, 1.165) is 30.0 Å². The molecule has 1 aromatic heterocycles. The predicted molar refractivity (Wildman–Crippen MR) is 80.5 cm³/mol. The largest absolute Gasteiger partial charge is 0.370 e. The summed E-state index contributed by atoms with van der Waals surface area (Å²) in [5.41, 5.74) is 0. The Balaban J connectivity index is 1.83. The van der Waals surface area contributed by atoms with Crippen molar-refractivity contribution in [1.29, 1.82) is 0 Å². The minimum Gasteiger partial charge on any atom is -0.370 e. The van der Waals surface area contributed by atoms with Crippen LogP contribution in [0.2, 0.25) is 0 Å². The Morgan fingerprint density at radius 3 is 2.82 bits per heavy atom. The van der Waals surface area contributed by atoms with Gasteiger partial charge in [-0.15, -0.1) is 0 Å². The lowest BCUT2D eigenvalue weighted by atomic mass is 10.4. The highest BCUT2D eigenvalue weighted by Crippen LogP contribution is 2.24. The van der Waals surface area contributed by atoms with Crippen LogP contribution in [0.1, 0.15) is 6.92 Å². The van der Waals surface area contributed by atoms with E-state index in [0.29, 0.717) is 0 Å². The molecule has 0 amide bonds. The third-order valence-electron chi connectivity index (χ3n) is 2.50. The number of anilines is 2. The maximum atomic E-state index is 4.51. The van der Waals surface area contributed by atoms with E-state index in [1.54, 1.807) is 0 Å². The zero-order valence-corrected chi connectivity index (χ0v) is 11.7. The molecule has 2 heterocycles. The smallest absolute Gasteiger partial charge is 0.128 e. The average Bonchev–Trinajstić information content (AvgIpc) is 2.39. The van der Waals surface area contributed by atoms with Gasteiger partial charge in [0.15, 0.2) is 0 Å². The summed E-state index contributed by atoms with van der Waals surface area (Å²) in [6.07, 6.45) is 0. The number of pyridine rings is 1. The van der Waals surface area contributed by atoms with Crippen LogP contribution in [0.15, 0.2) is 18.2 Å². The first-order valence-corrected chi connectivity index (χ1v) is 8.23. The van der Waals surface area contributed by atoms with Crippen molar-refractivity contribution in [3.05, 3.63) is 18.2 Å². The van der Waals surface area contributed by atoms with E-state index in [4.69, 9.17) is 0 Å². The molecule has 1 fully saturated rings. The molecule has 3 nitrogen and oxygen atoms in total. The first-order valence-electron chi connectivity index (χ1n) is 6.02. The summed E-state index contributed by atoms with van der Waals surface area (Å²) in [6, 6.07) is 6.07. The maximum Gasteiger partial charge on any atom is 0.128 e. The van der Waals surface area contributed by atoms with Gasteiger partial charge in [-0.2, -0.15) is 23.5 Å². The first-order chi connectivity index (χ1) is 8.38. The summed E-state index contributed by atoms with van der Waals surface area (Å²) in [5, 5.41) is 7.37. The van der Waals surface area contributed by atoms with Gasteiger partial charge in [-0.1, -0.05) is 6.07 Å². The second-order valence-corrected chi connectivity index (χ2v) is 6.45.